The van der Waals surface area contributed by atoms with Crippen molar-refractivity contribution in [2.45, 2.75) is 18.9 Å². The van der Waals surface area contributed by atoms with Gasteiger partial charge in [0, 0.05) is 17.8 Å². The number of carbonyl (C=O) groups is 1. The van der Waals surface area contributed by atoms with Crippen molar-refractivity contribution in [2.75, 3.05) is 33.7 Å². The van der Waals surface area contributed by atoms with Crippen LogP contribution >= 0.6 is 11.3 Å². The van der Waals surface area contributed by atoms with Crippen LogP contribution in [0.2, 0.25) is 0 Å². The lowest BCUT2D eigenvalue weighted by molar-refractivity contribution is -0.122. The molecule has 2 unspecified atom stereocenters. The van der Waals surface area contributed by atoms with Gasteiger partial charge >= 0.3 is 0 Å². The highest BCUT2D eigenvalue weighted by molar-refractivity contribution is 7.10. The van der Waals surface area contributed by atoms with Crippen LogP contribution in [-0.4, -0.2) is 44.5 Å². The van der Waals surface area contributed by atoms with E-state index in [0.717, 1.165) is 19.5 Å². The molecule has 0 radical (unpaired) electrons. The minimum atomic E-state index is 0.178. The molecule has 0 bridgehead atoms. The summed E-state index contributed by atoms with van der Waals surface area (Å²) < 4.78 is 0. The number of hydrogen-bond acceptors (Lipinski definition) is 4. The van der Waals surface area contributed by atoms with Crippen LogP contribution in [0.4, 0.5) is 0 Å². The Labute approximate surface area is 119 Å². The third-order valence-corrected chi connectivity index (χ3v) is 4.60. The molecule has 0 aliphatic carbocycles. The SMILES string of the molecule is CN(C)C(CNC(=O)CC1CCNC1)c1cccs1. The molecule has 1 aromatic heterocycles. The van der Waals surface area contributed by atoms with Crippen LogP contribution in [0.25, 0.3) is 0 Å². The third kappa shape index (κ3) is 4.30. The zero-order valence-corrected chi connectivity index (χ0v) is 12.5. The van der Waals surface area contributed by atoms with Crippen molar-refractivity contribution < 1.29 is 4.79 Å². The summed E-state index contributed by atoms with van der Waals surface area (Å²) >= 11 is 1.74. The molecule has 4 nitrogen and oxygen atoms in total. The number of nitrogens with one attached hydrogen (secondary N) is 2. The lowest BCUT2D eigenvalue weighted by atomic mass is 10.0. The van der Waals surface area contributed by atoms with Gasteiger partial charge in [0.1, 0.15) is 0 Å². The molecule has 1 fully saturated rings. The van der Waals surface area contributed by atoms with Gasteiger partial charge in [-0.1, -0.05) is 6.07 Å². The number of hydrogen-bond donors (Lipinski definition) is 2. The van der Waals surface area contributed by atoms with Crippen molar-refractivity contribution in [3.05, 3.63) is 22.4 Å². The van der Waals surface area contributed by atoms with E-state index in [9.17, 15) is 4.79 Å². The quantitative estimate of drug-likeness (QED) is 0.830. The number of likely N-dealkylation sites (N-methyl/N-ethyl adjacent to an activating group) is 1. The van der Waals surface area contributed by atoms with Crippen LogP contribution in [0, 0.1) is 5.92 Å². The summed E-state index contributed by atoms with van der Waals surface area (Å²) in [5, 5.41) is 8.46. The second-order valence-electron chi connectivity index (χ2n) is 5.36. The summed E-state index contributed by atoms with van der Waals surface area (Å²) in [7, 11) is 4.11. The molecule has 2 atom stereocenters. The fraction of sp³-hybridized carbons (Fsp3) is 0.643. The second kappa shape index (κ2) is 7.03. The van der Waals surface area contributed by atoms with E-state index in [0.29, 0.717) is 18.9 Å². The Hall–Kier alpha value is -0.910. The highest BCUT2D eigenvalue weighted by atomic mass is 32.1. The van der Waals surface area contributed by atoms with Crippen LogP contribution in [0.15, 0.2) is 17.5 Å². The molecule has 2 N–H and O–H groups in total. The molecular weight excluding hydrogens is 258 g/mol. The summed E-state index contributed by atoms with van der Waals surface area (Å²) in [5.41, 5.74) is 0. The average Bonchev–Trinajstić information content (AvgIpc) is 3.01. The Balaban J connectivity index is 1.80. The average molecular weight is 281 g/mol. The Bertz CT molecular complexity index is 385. The van der Waals surface area contributed by atoms with Gasteiger partial charge in [-0.15, -0.1) is 11.3 Å². The normalized spacial score (nSPS) is 20.7. The Morgan fingerprint density at radius 1 is 1.63 bits per heavy atom. The molecule has 1 aromatic rings. The van der Waals surface area contributed by atoms with Crippen molar-refractivity contribution in [1.29, 1.82) is 0 Å². The predicted octanol–water partition coefficient (Wildman–Crippen LogP) is 1.47. The van der Waals surface area contributed by atoms with E-state index in [2.05, 4.69) is 47.1 Å². The van der Waals surface area contributed by atoms with Crippen molar-refractivity contribution in [3.8, 4) is 0 Å². The molecule has 5 heteroatoms. The first-order chi connectivity index (χ1) is 9.16. The lowest BCUT2D eigenvalue weighted by Gasteiger charge is -2.23. The van der Waals surface area contributed by atoms with Crippen LogP contribution in [-0.2, 0) is 4.79 Å². The molecule has 106 valence electrons. The van der Waals surface area contributed by atoms with E-state index in [1.807, 2.05) is 0 Å². The number of thiophene rings is 1. The summed E-state index contributed by atoms with van der Waals surface area (Å²) in [4.78, 5) is 15.4. The second-order valence-corrected chi connectivity index (χ2v) is 6.34. The first kappa shape index (κ1) is 14.5. The molecule has 1 aliphatic heterocycles. The molecule has 0 aromatic carbocycles. The van der Waals surface area contributed by atoms with Crippen LogP contribution in [0.5, 0.6) is 0 Å². The standard InChI is InChI=1S/C14H23N3OS/c1-17(2)12(13-4-3-7-19-13)10-16-14(18)8-11-5-6-15-9-11/h3-4,7,11-12,15H,5-6,8-10H2,1-2H3,(H,16,18). The van der Waals surface area contributed by atoms with Crippen molar-refractivity contribution in [2.24, 2.45) is 5.92 Å². The minimum absolute atomic E-state index is 0.178. The first-order valence-corrected chi connectivity index (χ1v) is 7.72. The fourth-order valence-corrected chi connectivity index (χ4v) is 3.37. The molecule has 0 spiro atoms. The van der Waals surface area contributed by atoms with Gasteiger partial charge in [0.2, 0.25) is 5.91 Å². The van der Waals surface area contributed by atoms with Crippen LogP contribution in [0.3, 0.4) is 0 Å². The highest BCUT2D eigenvalue weighted by Gasteiger charge is 2.20. The smallest absolute Gasteiger partial charge is 0.220 e. The molecule has 2 heterocycles. The predicted molar refractivity (Wildman–Crippen MR) is 79.4 cm³/mol. The van der Waals surface area contributed by atoms with Crippen molar-refractivity contribution in [3.63, 3.8) is 0 Å². The maximum absolute atomic E-state index is 11.9. The van der Waals surface area contributed by atoms with E-state index in [1.54, 1.807) is 11.3 Å². The van der Waals surface area contributed by atoms with Crippen LogP contribution < -0.4 is 10.6 Å². The van der Waals surface area contributed by atoms with E-state index < -0.39 is 0 Å². The maximum atomic E-state index is 11.9. The Kier molecular flexibility index (Phi) is 5.36. The molecule has 1 amide bonds. The fourth-order valence-electron chi connectivity index (χ4n) is 2.45. The van der Waals surface area contributed by atoms with Gasteiger partial charge in [-0.05, 0) is 51.0 Å². The first-order valence-electron chi connectivity index (χ1n) is 6.84. The van der Waals surface area contributed by atoms with Gasteiger partial charge in [-0.25, -0.2) is 0 Å². The lowest BCUT2D eigenvalue weighted by Crippen LogP contribution is -2.35. The topological polar surface area (TPSA) is 44.4 Å². The summed E-state index contributed by atoms with van der Waals surface area (Å²) in [6.45, 7) is 2.72. The monoisotopic (exact) mass is 281 g/mol. The summed E-state index contributed by atoms with van der Waals surface area (Å²) in [6.07, 6.45) is 1.77. The number of rotatable bonds is 6. The van der Waals surface area contributed by atoms with Gasteiger partial charge in [-0.3, -0.25) is 4.79 Å². The van der Waals surface area contributed by atoms with Gasteiger partial charge in [-0.2, -0.15) is 0 Å². The molecule has 19 heavy (non-hydrogen) atoms. The summed E-state index contributed by atoms with van der Waals surface area (Å²) in [5.74, 6) is 0.691. The van der Waals surface area contributed by atoms with Gasteiger partial charge in [0.25, 0.3) is 0 Å². The van der Waals surface area contributed by atoms with E-state index in [4.69, 9.17) is 0 Å². The summed E-state index contributed by atoms with van der Waals surface area (Å²) in [6, 6.07) is 4.45. The van der Waals surface area contributed by atoms with E-state index in [-0.39, 0.29) is 11.9 Å². The third-order valence-electron chi connectivity index (χ3n) is 3.62. The zero-order valence-electron chi connectivity index (χ0n) is 11.7. The largest absolute Gasteiger partial charge is 0.354 e. The van der Waals surface area contributed by atoms with Gasteiger partial charge in [0.15, 0.2) is 0 Å². The highest BCUT2D eigenvalue weighted by Crippen LogP contribution is 2.22. The van der Waals surface area contributed by atoms with Gasteiger partial charge in [0.05, 0.1) is 6.04 Å². The molecular formula is C14H23N3OS. The van der Waals surface area contributed by atoms with Crippen molar-refractivity contribution in [1.82, 2.24) is 15.5 Å². The Morgan fingerprint density at radius 2 is 2.47 bits per heavy atom. The van der Waals surface area contributed by atoms with Gasteiger partial charge < -0.3 is 15.5 Å². The van der Waals surface area contributed by atoms with E-state index >= 15 is 0 Å². The minimum Gasteiger partial charge on any atom is -0.354 e. The van der Waals surface area contributed by atoms with Crippen molar-refractivity contribution >= 4 is 17.2 Å². The molecule has 0 saturated carbocycles. The number of amides is 1. The Morgan fingerprint density at radius 3 is 3.05 bits per heavy atom. The van der Waals surface area contributed by atoms with E-state index in [1.165, 1.54) is 4.88 Å². The molecule has 2 rings (SSSR count). The molecule has 1 saturated heterocycles. The number of carbonyl (C=O) groups excluding carboxylic acids is 1. The van der Waals surface area contributed by atoms with Crippen LogP contribution in [0.1, 0.15) is 23.8 Å². The molecule has 1 aliphatic rings. The number of nitrogens with zero attached hydrogens (tertiary/aromatic N) is 1. The maximum Gasteiger partial charge on any atom is 0.220 e. The zero-order chi connectivity index (χ0) is 13.7.